The van der Waals surface area contributed by atoms with Crippen molar-refractivity contribution in [2.24, 2.45) is 7.05 Å². The van der Waals surface area contributed by atoms with E-state index < -0.39 is 17.6 Å². The third kappa shape index (κ3) is 3.51. The Labute approximate surface area is 159 Å². The molecule has 2 aromatic heterocycles. The first kappa shape index (κ1) is 17.9. The van der Waals surface area contributed by atoms with Crippen LogP contribution in [0.25, 0.3) is 22.2 Å². The van der Waals surface area contributed by atoms with E-state index in [1.165, 1.54) is 12.1 Å². The molecule has 0 spiro atoms. The molecule has 4 rings (SSSR count). The predicted molar refractivity (Wildman–Crippen MR) is 98.3 cm³/mol. The number of fused-ring (bicyclic) bond motifs is 1. The molecule has 0 aliphatic carbocycles. The summed E-state index contributed by atoms with van der Waals surface area (Å²) in [4.78, 5) is 12.2. The van der Waals surface area contributed by atoms with Gasteiger partial charge in [0.1, 0.15) is 23.9 Å². The number of carbonyl (C=O) groups is 1. The Morgan fingerprint density at radius 2 is 2.00 bits per heavy atom. The van der Waals surface area contributed by atoms with Gasteiger partial charge in [0.05, 0.1) is 12.0 Å². The quantitative estimate of drug-likeness (QED) is 0.480. The van der Waals surface area contributed by atoms with Gasteiger partial charge in [-0.05, 0) is 23.8 Å². The molecule has 0 saturated carbocycles. The highest BCUT2D eigenvalue weighted by Gasteiger charge is 2.15. The highest BCUT2D eigenvalue weighted by molar-refractivity contribution is 5.87. The number of rotatable bonds is 5. The van der Waals surface area contributed by atoms with Crippen LogP contribution < -0.4 is 0 Å². The van der Waals surface area contributed by atoms with Crippen LogP contribution in [0.15, 0.2) is 59.3 Å². The number of hydrogen-bond acceptors (Lipinski definition) is 4. The Morgan fingerprint density at radius 3 is 2.82 bits per heavy atom. The van der Waals surface area contributed by atoms with Crippen LogP contribution in [0, 0.1) is 11.6 Å². The fraction of sp³-hybridized carbons (Fsp3) is 0.143. The van der Waals surface area contributed by atoms with Gasteiger partial charge in [-0.15, -0.1) is 0 Å². The van der Waals surface area contributed by atoms with Crippen molar-refractivity contribution in [3.05, 3.63) is 77.6 Å². The predicted octanol–water partition coefficient (Wildman–Crippen LogP) is 4.40. The van der Waals surface area contributed by atoms with Crippen molar-refractivity contribution in [3.8, 4) is 11.3 Å². The Morgan fingerprint density at radius 1 is 1.18 bits per heavy atom. The molecule has 0 aliphatic heterocycles. The van der Waals surface area contributed by atoms with E-state index in [1.54, 1.807) is 0 Å². The third-order valence-corrected chi connectivity index (χ3v) is 4.45. The lowest BCUT2D eigenvalue weighted by atomic mass is 10.1. The maximum absolute atomic E-state index is 13.8. The normalized spacial score (nSPS) is 11.1. The fourth-order valence-electron chi connectivity index (χ4n) is 3.12. The maximum atomic E-state index is 13.8. The number of esters is 1. The van der Waals surface area contributed by atoms with Crippen LogP contribution in [0.5, 0.6) is 0 Å². The summed E-state index contributed by atoms with van der Waals surface area (Å²) in [5.41, 5.74) is 2.33. The van der Waals surface area contributed by atoms with E-state index in [0.29, 0.717) is 5.69 Å². The zero-order valence-corrected chi connectivity index (χ0v) is 15.0. The molecule has 142 valence electrons. The van der Waals surface area contributed by atoms with Gasteiger partial charge in [0, 0.05) is 36.3 Å². The first-order chi connectivity index (χ1) is 13.5. The summed E-state index contributed by atoms with van der Waals surface area (Å²) in [7, 11) is 1.92. The van der Waals surface area contributed by atoms with Crippen molar-refractivity contribution in [2.75, 3.05) is 0 Å². The van der Waals surface area contributed by atoms with Gasteiger partial charge in [-0.1, -0.05) is 23.4 Å². The molecule has 0 bridgehead atoms. The lowest BCUT2D eigenvalue weighted by Gasteiger charge is -2.01. The van der Waals surface area contributed by atoms with Crippen molar-refractivity contribution in [1.82, 2.24) is 9.72 Å². The van der Waals surface area contributed by atoms with Crippen molar-refractivity contribution < 1.29 is 22.8 Å². The van der Waals surface area contributed by atoms with Crippen LogP contribution in [-0.2, 0) is 29.6 Å². The second-order valence-corrected chi connectivity index (χ2v) is 6.43. The number of ether oxygens (including phenoxy) is 1. The van der Waals surface area contributed by atoms with E-state index in [4.69, 9.17) is 9.26 Å². The zero-order chi connectivity index (χ0) is 19.7. The average Bonchev–Trinajstić information content (AvgIpc) is 3.26. The van der Waals surface area contributed by atoms with Crippen molar-refractivity contribution >= 4 is 16.9 Å². The molecule has 5 nitrogen and oxygen atoms in total. The van der Waals surface area contributed by atoms with Gasteiger partial charge in [0.2, 0.25) is 0 Å². The Bertz CT molecular complexity index is 1160. The van der Waals surface area contributed by atoms with Crippen molar-refractivity contribution in [2.45, 2.75) is 13.0 Å². The minimum Gasteiger partial charge on any atom is -0.459 e. The van der Waals surface area contributed by atoms with Crippen molar-refractivity contribution in [1.29, 1.82) is 0 Å². The molecule has 0 aliphatic rings. The van der Waals surface area contributed by atoms with Gasteiger partial charge in [-0.25, -0.2) is 8.78 Å². The number of halogens is 2. The summed E-state index contributed by atoms with van der Waals surface area (Å²) in [5, 5.41) is 4.77. The first-order valence-corrected chi connectivity index (χ1v) is 8.61. The van der Waals surface area contributed by atoms with Gasteiger partial charge in [0.15, 0.2) is 5.76 Å². The summed E-state index contributed by atoms with van der Waals surface area (Å²) >= 11 is 0. The largest absolute Gasteiger partial charge is 0.459 e. The van der Waals surface area contributed by atoms with E-state index in [2.05, 4.69) is 5.16 Å². The highest BCUT2D eigenvalue weighted by atomic mass is 19.1. The molecule has 2 heterocycles. The maximum Gasteiger partial charge on any atom is 0.310 e. The third-order valence-electron chi connectivity index (χ3n) is 4.45. The van der Waals surface area contributed by atoms with Crippen LogP contribution in [0.4, 0.5) is 8.78 Å². The number of carbonyl (C=O) groups excluding carboxylic acids is 1. The van der Waals surface area contributed by atoms with Crippen LogP contribution in [0.3, 0.4) is 0 Å². The van der Waals surface area contributed by atoms with Gasteiger partial charge in [-0.3, -0.25) is 4.79 Å². The number of hydrogen-bond donors (Lipinski definition) is 0. The molecule has 28 heavy (non-hydrogen) atoms. The summed E-state index contributed by atoms with van der Waals surface area (Å²) in [6.07, 6.45) is 2.02. The fourth-order valence-corrected chi connectivity index (χ4v) is 3.12. The summed E-state index contributed by atoms with van der Waals surface area (Å²) < 4.78 is 39.1. The van der Waals surface area contributed by atoms with E-state index in [1.807, 2.05) is 42.1 Å². The molecule has 0 saturated heterocycles. The monoisotopic (exact) mass is 382 g/mol. The lowest BCUT2D eigenvalue weighted by molar-refractivity contribution is -0.144. The molecular formula is C21H16F2N2O3. The van der Waals surface area contributed by atoms with E-state index >= 15 is 0 Å². The van der Waals surface area contributed by atoms with E-state index in [9.17, 15) is 13.6 Å². The van der Waals surface area contributed by atoms with E-state index in [0.717, 1.165) is 28.6 Å². The second-order valence-electron chi connectivity index (χ2n) is 6.43. The Balaban J connectivity index is 1.42. The second kappa shape index (κ2) is 7.26. The van der Waals surface area contributed by atoms with Crippen LogP contribution in [0.2, 0.25) is 0 Å². The van der Waals surface area contributed by atoms with Gasteiger partial charge < -0.3 is 13.8 Å². The summed E-state index contributed by atoms with van der Waals surface area (Å²) in [6, 6.07) is 12.4. The van der Waals surface area contributed by atoms with Gasteiger partial charge in [-0.2, -0.15) is 0 Å². The zero-order valence-electron chi connectivity index (χ0n) is 15.0. The standard InChI is InChI=1S/C21H16F2N2O3/c1-25-11-13(16-4-2-3-5-19(16)25)8-21(26)27-12-15-10-20(28-24-15)17-7-6-14(22)9-18(17)23/h2-7,9-11H,8,12H2,1H3. The highest BCUT2D eigenvalue weighted by Crippen LogP contribution is 2.25. The molecule has 4 aromatic rings. The molecule has 0 unspecified atom stereocenters. The summed E-state index contributed by atoms with van der Waals surface area (Å²) in [6.45, 7) is -0.101. The van der Waals surface area contributed by atoms with Gasteiger partial charge in [0.25, 0.3) is 0 Å². The molecule has 0 fully saturated rings. The molecule has 2 aromatic carbocycles. The van der Waals surface area contributed by atoms with Crippen molar-refractivity contribution in [3.63, 3.8) is 0 Å². The number of aromatic nitrogens is 2. The molecule has 0 atom stereocenters. The molecule has 0 radical (unpaired) electrons. The minimum absolute atomic E-state index is 0.0854. The van der Waals surface area contributed by atoms with Crippen LogP contribution in [-0.4, -0.2) is 15.7 Å². The molecule has 0 N–H and O–H groups in total. The summed E-state index contributed by atoms with van der Waals surface area (Å²) in [5.74, 6) is -1.70. The SMILES string of the molecule is Cn1cc(CC(=O)OCc2cc(-c3ccc(F)cc3F)on2)c2ccccc21. The molecule has 0 amide bonds. The molecular weight excluding hydrogens is 366 g/mol. The number of aryl methyl sites for hydroxylation is 1. The van der Waals surface area contributed by atoms with Gasteiger partial charge >= 0.3 is 5.97 Å². The molecule has 7 heteroatoms. The number of para-hydroxylation sites is 1. The lowest BCUT2D eigenvalue weighted by Crippen LogP contribution is -2.07. The number of benzene rings is 2. The minimum atomic E-state index is -0.754. The van der Waals surface area contributed by atoms with E-state index in [-0.39, 0.29) is 24.4 Å². The Kier molecular flexibility index (Phi) is 4.65. The number of nitrogens with zero attached hydrogens (tertiary/aromatic N) is 2. The van der Waals surface area contributed by atoms with Crippen LogP contribution >= 0.6 is 0 Å². The average molecular weight is 382 g/mol. The Hall–Kier alpha value is -3.48. The first-order valence-electron chi connectivity index (χ1n) is 8.61. The smallest absolute Gasteiger partial charge is 0.310 e. The topological polar surface area (TPSA) is 57.3 Å². The van der Waals surface area contributed by atoms with Crippen LogP contribution in [0.1, 0.15) is 11.3 Å².